The summed E-state index contributed by atoms with van der Waals surface area (Å²) in [5.74, 6) is -0.0237. The molecule has 2 nitrogen and oxygen atoms in total. The average Bonchev–Trinajstić information content (AvgIpc) is 1.86. The molecule has 52 valence electrons. The van der Waals surface area contributed by atoms with Crippen LogP contribution < -0.4 is 0 Å². The van der Waals surface area contributed by atoms with Gasteiger partial charge < -0.3 is 4.74 Å². The Bertz CT molecular complexity index is 131. The van der Waals surface area contributed by atoms with Crippen LogP contribution in [0.5, 0.6) is 0 Å². The molecule has 1 heterocycles. The fourth-order valence-corrected chi connectivity index (χ4v) is 1.10. The van der Waals surface area contributed by atoms with Crippen LogP contribution in [0.25, 0.3) is 0 Å². The largest absolute Gasteiger partial charge is 0.464 e. The molecule has 0 aromatic rings. The molecule has 0 amide bonds. The molecular weight excluding hydrogens is 116 g/mol. The van der Waals surface area contributed by atoms with E-state index in [0.717, 1.165) is 12.8 Å². The molecule has 1 aliphatic heterocycles. The van der Waals surface area contributed by atoms with Gasteiger partial charge in [0.05, 0.1) is 5.41 Å². The summed E-state index contributed by atoms with van der Waals surface area (Å²) in [6.07, 6.45) is 2.03. The first-order valence-electron chi connectivity index (χ1n) is 3.36. The van der Waals surface area contributed by atoms with Crippen molar-refractivity contribution in [1.82, 2.24) is 0 Å². The summed E-state index contributed by atoms with van der Waals surface area (Å²) in [6, 6.07) is 0. The molecular formula is C7H12O2. The Morgan fingerprint density at radius 3 is 2.56 bits per heavy atom. The second kappa shape index (κ2) is 2.01. The zero-order valence-corrected chi connectivity index (χ0v) is 5.94. The van der Waals surface area contributed by atoms with Crippen molar-refractivity contribution < 1.29 is 9.53 Å². The zero-order valence-electron chi connectivity index (χ0n) is 5.94. The minimum atomic E-state index is -0.130. The van der Waals surface area contributed by atoms with E-state index in [1.807, 2.05) is 6.92 Å². The van der Waals surface area contributed by atoms with Crippen LogP contribution in [0.3, 0.4) is 0 Å². The average molecular weight is 128 g/mol. The highest BCUT2D eigenvalue weighted by Crippen LogP contribution is 2.32. The molecule has 0 N–H and O–H groups in total. The van der Waals surface area contributed by atoms with Gasteiger partial charge in [0.15, 0.2) is 0 Å². The molecule has 0 spiro atoms. The van der Waals surface area contributed by atoms with E-state index in [-0.39, 0.29) is 11.4 Å². The highest BCUT2D eigenvalue weighted by atomic mass is 16.6. The lowest BCUT2D eigenvalue weighted by molar-refractivity contribution is -0.183. The van der Waals surface area contributed by atoms with Crippen LogP contribution in [0, 0.1) is 5.41 Å². The summed E-state index contributed by atoms with van der Waals surface area (Å²) in [7, 11) is 0. The van der Waals surface area contributed by atoms with E-state index >= 15 is 0 Å². The summed E-state index contributed by atoms with van der Waals surface area (Å²) in [5.41, 5.74) is -0.130. The Labute approximate surface area is 55.2 Å². The Balaban J connectivity index is 2.43. The van der Waals surface area contributed by atoms with E-state index in [4.69, 9.17) is 0 Å². The fourth-order valence-electron chi connectivity index (χ4n) is 1.10. The Morgan fingerprint density at radius 2 is 2.44 bits per heavy atom. The van der Waals surface area contributed by atoms with Gasteiger partial charge in [-0.25, -0.2) is 0 Å². The third-order valence-corrected chi connectivity index (χ3v) is 1.82. The molecule has 0 radical (unpaired) electrons. The predicted octanol–water partition coefficient (Wildman–Crippen LogP) is 1.35. The summed E-state index contributed by atoms with van der Waals surface area (Å²) >= 11 is 0. The van der Waals surface area contributed by atoms with Crippen LogP contribution in [-0.2, 0) is 9.53 Å². The number of hydrogen-bond donors (Lipinski definition) is 0. The normalized spacial score (nSPS) is 33.3. The maximum atomic E-state index is 10.7. The van der Waals surface area contributed by atoms with Crippen molar-refractivity contribution in [2.24, 2.45) is 5.41 Å². The van der Waals surface area contributed by atoms with Gasteiger partial charge in [0.2, 0.25) is 0 Å². The lowest BCUT2D eigenvalue weighted by atomic mass is 9.83. The Hall–Kier alpha value is -0.530. The first-order chi connectivity index (χ1) is 4.19. The van der Waals surface area contributed by atoms with Crippen molar-refractivity contribution in [3.05, 3.63) is 0 Å². The van der Waals surface area contributed by atoms with Gasteiger partial charge in [0, 0.05) is 0 Å². The van der Waals surface area contributed by atoms with Gasteiger partial charge >= 0.3 is 5.97 Å². The van der Waals surface area contributed by atoms with Crippen molar-refractivity contribution in [2.45, 2.75) is 26.7 Å². The molecule has 0 aliphatic carbocycles. The van der Waals surface area contributed by atoms with Gasteiger partial charge in [0.25, 0.3) is 0 Å². The molecule has 0 aromatic carbocycles. The van der Waals surface area contributed by atoms with E-state index in [0.29, 0.717) is 6.61 Å². The Morgan fingerprint density at radius 1 is 1.78 bits per heavy atom. The molecule has 0 saturated carbocycles. The molecule has 0 aromatic heterocycles. The summed E-state index contributed by atoms with van der Waals surface area (Å²) in [4.78, 5) is 10.7. The van der Waals surface area contributed by atoms with Crippen molar-refractivity contribution in [3.63, 3.8) is 0 Å². The molecule has 9 heavy (non-hydrogen) atoms. The zero-order chi connectivity index (χ0) is 6.91. The molecule has 1 fully saturated rings. The van der Waals surface area contributed by atoms with Gasteiger partial charge in [-0.3, -0.25) is 4.79 Å². The quantitative estimate of drug-likeness (QED) is 0.525. The van der Waals surface area contributed by atoms with Crippen molar-refractivity contribution in [2.75, 3.05) is 6.61 Å². The number of carbonyl (C=O) groups excluding carboxylic acids is 1. The fraction of sp³-hybridized carbons (Fsp3) is 0.857. The monoisotopic (exact) mass is 128 g/mol. The van der Waals surface area contributed by atoms with Crippen molar-refractivity contribution in [3.8, 4) is 0 Å². The standard InChI is InChI=1S/C7H12O2/c1-3-4-7(2)5-9-6(7)8/h3-5H2,1-2H3/t7-/m1/s1. The smallest absolute Gasteiger partial charge is 0.315 e. The van der Waals surface area contributed by atoms with E-state index in [9.17, 15) is 4.79 Å². The molecule has 1 atom stereocenters. The van der Waals surface area contributed by atoms with E-state index in [1.165, 1.54) is 0 Å². The van der Waals surface area contributed by atoms with Crippen LogP contribution in [0.4, 0.5) is 0 Å². The third-order valence-electron chi connectivity index (χ3n) is 1.82. The van der Waals surface area contributed by atoms with Crippen LogP contribution in [-0.4, -0.2) is 12.6 Å². The summed E-state index contributed by atoms with van der Waals surface area (Å²) in [6.45, 7) is 4.67. The van der Waals surface area contributed by atoms with E-state index in [1.54, 1.807) is 0 Å². The van der Waals surface area contributed by atoms with Crippen LogP contribution >= 0.6 is 0 Å². The molecule has 1 saturated heterocycles. The van der Waals surface area contributed by atoms with Crippen molar-refractivity contribution in [1.29, 1.82) is 0 Å². The second-order valence-electron chi connectivity index (χ2n) is 2.89. The summed E-state index contributed by atoms with van der Waals surface area (Å²) in [5, 5.41) is 0. The lowest BCUT2D eigenvalue weighted by Crippen LogP contribution is -2.45. The molecule has 0 bridgehead atoms. The highest BCUT2D eigenvalue weighted by molar-refractivity contribution is 5.81. The molecule has 1 aliphatic rings. The predicted molar refractivity (Wildman–Crippen MR) is 34.0 cm³/mol. The minimum Gasteiger partial charge on any atom is -0.464 e. The number of ether oxygens (including phenoxy) is 1. The van der Waals surface area contributed by atoms with E-state index < -0.39 is 0 Å². The molecule has 1 rings (SSSR count). The van der Waals surface area contributed by atoms with Crippen LogP contribution in [0.15, 0.2) is 0 Å². The maximum Gasteiger partial charge on any atom is 0.315 e. The highest BCUT2D eigenvalue weighted by Gasteiger charge is 2.43. The Kier molecular flexibility index (Phi) is 1.47. The second-order valence-corrected chi connectivity index (χ2v) is 2.89. The van der Waals surface area contributed by atoms with Gasteiger partial charge in [-0.05, 0) is 13.3 Å². The number of carbonyl (C=O) groups is 1. The number of hydrogen-bond acceptors (Lipinski definition) is 2. The topological polar surface area (TPSA) is 26.3 Å². The summed E-state index contributed by atoms with van der Waals surface area (Å²) < 4.78 is 4.66. The minimum absolute atomic E-state index is 0.0237. The van der Waals surface area contributed by atoms with Crippen LogP contribution in [0.1, 0.15) is 26.7 Å². The van der Waals surface area contributed by atoms with E-state index in [2.05, 4.69) is 11.7 Å². The number of cyclic esters (lactones) is 1. The maximum absolute atomic E-state index is 10.7. The lowest BCUT2D eigenvalue weighted by Gasteiger charge is -2.35. The first-order valence-corrected chi connectivity index (χ1v) is 3.36. The van der Waals surface area contributed by atoms with Crippen LogP contribution in [0.2, 0.25) is 0 Å². The molecule has 2 heteroatoms. The van der Waals surface area contributed by atoms with Gasteiger partial charge in [0.1, 0.15) is 6.61 Å². The van der Waals surface area contributed by atoms with Gasteiger partial charge in [-0.1, -0.05) is 13.3 Å². The SMILES string of the molecule is CCC[C@]1(C)COC1=O. The van der Waals surface area contributed by atoms with Gasteiger partial charge in [-0.2, -0.15) is 0 Å². The van der Waals surface area contributed by atoms with Gasteiger partial charge in [-0.15, -0.1) is 0 Å². The third kappa shape index (κ3) is 0.934. The first kappa shape index (κ1) is 6.59. The number of rotatable bonds is 2. The van der Waals surface area contributed by atoms with Crippen molar-refractivity contribution >= 4 is 5.97 Å². The molecule has 0 unspecified atom stereocenters. The number of esters is 1.